The molecule has 0 radical (unpaired) electrons. The van der Waals surface area contributed by atoms with Gasteiger partial charge in [-0.15, -0.1) is 0 Å². The Morgan fingerprint density at radius 1 is 0.844 bits per heavy atom. The van der Waals surface area contributed by atoms with Crippen LogP contribution in [0, 0.1) is 10.1 Å². The number of nitrogens with zero attached hydrogens (tertiary/aromatic N) is 3. The van der Waals surface area contributed by atoms with E-state index in [1.807, 2.05) is 0 Å². The van der Waals surface area contributed by atoms with Gasteiger partial charge < -0.3 is 35.3 Å². The predicted octanol–water partition coefficient (Wildman–Crippen LogP) is 3.49. The molecule has 12 heteroatoms. The normalized spacial score (nSPS) is 10.2. The summed E-state index contributed by atoms with van der Waals surface area (Å²) in [7, 11) is 5.99. The molecule has 32 heavy (non-hydrogen) atoms. The van der Waals surface area contributed by atoms with Gasteiger partial charge in [0, 0.05) is 12.1 Å². The number of benzene rings is 2. The van der Waals surface area contributed by atoms with E-state index in [4.69, 9.17) is 24.7 Å². The minimum Gasteiger partial charge on any atom is -0.497 e. The van der Waals surface area contributed by atoms with Gasteiger partial charge in [-0.1, -0.05) is 0 Å². The molecular weight excluding hydrogens is 420 g/mol. The van der Waals surface area contributed by atoms with Crippen LogP contribution in [-0.2, 0) is 0 Å². The van der Waals surface area contributed by atoms with Crippen LogP contribution >= 0.6 is 0 Å². The number of rotatable bonds is 9. The zero-order valence-electron chi connectivity index (χ0n) is 17.8. The Kier molecular flexibility index (Phi) is 6.63. The lowest BCUT2D eigenvalue weighted by atomic mass is 10.2. The number of ether oxygens (including phenoxy) is 4. The quantitative estimate of drug-likeness (QED) is 0.329. The van der Waals surface area contributed by atoms with Gasteiger partial charge in [-0.2, -0.15) is 9.97 Å². The van der Waals surface area contributed by atoms with Crippen molar-refractivity contribution in [1.29, 1.82) is 0 Å². The number of aromatic nitrogens is 2. The van der Waals surface area contributed by atoms with Gasteiger partial charge in [-0.3, -0.25) is 10.1 Å². The van der Waals surface area contributed by atoms with Crippen molar-refractivity contribution in [2.45, 2.75) is 0 Å². The predicted molar refractivity (Wildman–Crippen MR) is 119 cm³/mol. The summed E-state index contributed by atoms with van der Waals surface area (Å²) < 4.78 is 21.1. The lowest BCUT2D eigenvalue weighted by molar-refractivity contribution is -0.383. The summed E-state index contributed by atoms with van der Waals surface area (Å²) >= 11 is 0. The van der Waals surface area contributed by atoms with Gasteiger partial charge in [0.15, 0.2) is 0 Å². The third kappa shape index (κ3) is 4.64. The fraction of sp³-hybridized carbons (Fsp3) is 0.200. The Morgan fingerprint density at radius 3 is 1.84 bits per heavy atom. The van der Waals surface area contributed by atoms with Crippen molar-refractivity contribution < 1.29 is 23.9 Å². The lowest BCUT2D eigenvalue weighted by Gasteiger charge is -2.15. The highest BCUT2D eigenvalue weighted by molar-refractivity contribution is 5.78. The minimum absolute atomic E-state index is 0.00372. The summed E-state index contributed by atoms with van der Waals surface area (Å²) in [4.78, 5) is 19.3. The molecule has 0 aliphatic carbocycles. The molecule has 1 heterocycles. The van der Waals surface area contributed by atoms with Gasteiger partial charge >= 0.3 is 5.69 Å². The molecular formula is C20H22N6O6. The molecule has 0 atom stereocenters. The van der Waals surface area contributed by atoms with Crippen molar-refractivity contribution in [3.05, 3.63) is 46.5 Å². The molecule has 1 aromatic heterocycles. The van der Waals surface area contributed by atoms with E-state index in [1.54, 1.807) is 36.4 Å². The van der Waals surface area contributed by atoms with Crippen molar-refractivity contribution in [3.63, 3.8) is 0 Å². The third-order valence-corrected chi connectivity index (χ3v) is 4.41. The minimum atomic E-state index is -0.666. The molecule has 168 valence electrons. The van der Waals surface area contributed by atoms with E-state index < -0.39 is 10.6 Å². The maximum Gasteiger partial charge on any atom is 0.353 e. The molecule has 3 rings (SSSR count). The second kappa shape index (κ2) is 9.55. The lowest BCUT2D eigenvalue weighted by Crippen LogP contribution is -2.09. The second-order valence-electron chi connectivity index (χ2n) is 6.27. The average Bonchev–Trinajstić information content (AvgIpc) is 2.78. The largest absolute Gasteiger partial charge is 0.497 e. The van der Waals surface area contributed by atoms with Gasteiger partial charge in [0.1, 0.15) is 23.0 Å². The van der Waals surface area contributed by atoms with Gasteiger partial charge in [0.25, 0.3) is 0 Å². The number of nitrogen functional groups attached to an aromatic ring is 1. The van der Waals surface area contributed by atoms with Gasteiger partial charge in [-0.05, 0) is 24.3 Å². The fourth-order valence-corrected chi connectivity index (χ4v) is 2.87. The van der Waals surface area contributed by atoms with Crippen LogP contribution < -0.4 is 35.3 Å². The molecule has 0 saturated carbocycles. The average molecular weight is 442 g/mol. The van der Waals surface area contributed by atoms with Crippen LogP contribution in [0.25, 0.3) is 0 Å². The highest BCUT2D eigenvalue weighted by Gasteiger charge is 2.25. The monoisotopic (exact) mass is 442 g/mol. The van der Waals surface area contributed by atoms with E-state index in [1.165, 1.54) is 28.4 Å². The molecule has 4 N–H and O–H groups in total. The zero-order valence-corrected chi connectivity index (χ0v) is 17.8. The number of methoxy groups -OCH3 is 4. The first kappa shape index (κ1) is 22.2. The highest BCUT2D eigenvalue weighted by atomic mass is 16.6. The van der Waals surface area contributed by atoms with Gasteiger partial charge in [0.05, 0.1) is 44.7 Å². The SMILES string of the molecule is COc1ccc(OC)c(Nc2nc(N)c([N+](=O)[O-])c(Nc3cc(OC)ccc3OC)n2)c1. The van der Waals surface area contributed by atoms with E-state index in [9.17, 15) is 10.1 Å². The summed E-state index contributed by atoms with van der Waals surface area (Å²) in [5.41, 5.74) is 6.27. The summed E-state index contributed by atoms with van der Waals surface area (Å²) in [6.45, 7) is 0. The summed E-state index contributed by atoms with van der Waals surface area (Å²) in [6.07, 6.45) is 0. The number of nitro groups is 1. The fourth-order valence-electron chi connectivity index (χ4n) is 2.87. The maximum absolute atomic E-state index is 11.7. The Bertz CT molecular complexity index is 1140. The van der Waals surface area contributed by atoms with Crippen LogP contribution in [-0.4, -0.2) is 43.3 Å². The molecule has 0 amide bonds. The molecule has 0 unspecified atom stereocenters. The van der Waals surface area contributed by atoms with Gasteiger partial charge in [0.2, 0.25) is 17.6 Å². The Morgan fingerprint density at radius 2 is 1.38 bits per heavy atom. The molecule has 0 aliphatic rings. The molecule has 0 fully saturated rings. The summed E-state index contributed by atoms with van der Waals surface area (Å²) in [5, 5.41) is 17.5. The standard InChI is InChI=1S/C20H22N6O6/c1-29-11-5-7-15(31-3)13(9-11)22-19-17(26(27)28)18(21)24-20(25-19)23-14-10-12(30-2)6-8-16(14)32-4/h5-10H,1-4H3,(H4,21,22,23,24,25). The summed E-state index contributed by atoms with van der Waals surface area (Å²) in [5.74, 6) is 1.50. The Hall–Kier alpha value is -4.48. The molecule has 0 saturated heterocycles. The first-order valence-corrected chi connectivity index (χ1v) is 9.20. The highest BCUT2D eigenvalue weighted by Crippen LogP contribution is 2.37. The second-order valence-corrected chi connectivity index (χ2v) is 6.27. The van der Waals surface area contributed by atoms with E-state index in [2.05, 4.69) is 20.6 Å². The van der Waals surface area contributed by atoms with Crippen LogP contribution in [0.15, 0.2) is 36.4 Å². The smallest absolute Gasteiger partial charge is 0.353 e. The van der Waals surface area contributed by atoms with Gasteiger partial charge in [-0.25, -0.2) is 0 Å². The molecule has 3 aromatic rings. The Balaban J connectivity index is 2.07. The molecule has 0 bridgehead atoms. The van der Waals surface area contributed by atoms with E-state index in [0.717, 1.165) is 0 Å². The first-order chi connectivity index (χ1) is 15.4. The van der Waals surface area contributed by atoms with Crippen LogP contribution in [0.1, 0.15) is 0 Å². The van der Waals surface area contributed by atoms with Crippen LogP contribution in [0.4, 0.5) is 34.6 Å². The molecule has 12 nitrogen and oxygen atoms in total. The van der Waals surface area contributed by atoms with Crippen LogP contribution in [0.2, 0.25) is 0 Å². The number of nitrogens with two attached hydrogens (primary N) is 1. The molecule has 2 aromatic carbocycles. The summed E-state index contributed by atoms with van der Waals surface area (Å²) in [6, 6.07) is 10.0. The van der Waals surface area contributed by atoms with E-state index in [0.29, 0.717) is 34.4 Å². The van der Waals surface area contributed by atoms with Crippen molar-refractivity contribution in [2.75, 3.05) is 44.8 Å². The van der Waals surface area contributed by atoms with Crippen molar-refractivity contribution in [2.24, 2.45) is 0 Å². The number of anilines is 5. The van der Waals surface area contributed by atoms with Crippen molar-refractivity contribution in [3.8, 4) is 23.0 Å². The first-order valence-electron chi connectivity index (χ1n) is 9.20. The Labute approximate surface area is 183 Å². The third-order valence-electron chi connectivity index (χ3n) is 4.41. The number of hydrogen-bond donors (Lipinski definition) is 3. The van der Waals surface area contributed by atoms with Crippen LogP contribution in [0.5, 0.6) is 23.0 Å². The zero-order chi connectivity index (χ0) is 23.3. The van der Waals surface area contributed by atoms with Crippen molar-refractivity contribution in [1.82, 2.24) is 9.97 Å². The maximum atomic E-state index is 11.7. The molecule has 0 aliphatic heterocycles. The molecule has 0 spiro atoms. The van der Waals surface area contributed by atoms with E-state index >= 15 is 0 Å². The van der Waals surface area contributed by atoms with Crippen LogP contribution in [0.3, 0.4) is 0 Å². The number of nitrogens with one attached hydrogen (secondary N) is 2. The van der Waals surface area contributed by atoms with E-state index in [-0.39, 0.29) is 17.6 Å². The topological polar surface area (TPSA) is 156 Å². The number of hydrogen-bond acceptors (Lipinski definition) is 11. The van der Waals surface area contributed by atoms with Crippen molar-refractivity contribution >= 4 is 34.6 Å².